The Morgan fingerprint density at radius 2 is 2.18 bits per heavy atom. The number of aromatic nitrogens is 1. The number of piperidine rings is 1. The zero-order valence-electron chi connectivity index (χ0n) is 13.7. The van der Waals surface area contributed by atoms with Crippen molar-refractivity contribution in [3.63, 3.8) is 0 Å². The molecule has 1 atom stereocenters. The number of para-hydroxylation sites is 1. The van der Waals surface area contributed by atoms with Crippen LogP contribution in [0.25, 0.3) is 10.9 Å². The van der Waals surface area contributed by atoms with Crippen LogP contribution in [0.4, 0.5) is 0 Å². The SMILES string of the molecule is CN(C)CC1(CO)CCCN(Cc2cccc3cc[nH]c23)C1. The van der Waals surface area contributed by atoms with Crippen LogP contribution >= 0.6 is 0 Å². The van der Waals surface area contributed by atoms with E-state index in [2.05, 4.69) is 53.1 Å². The van der Waals surface area contributed by atoms with Crippen molar-refractivity contribution in [1.29, 1.82) is 0 Å². The van der Waals surface area contributed by atoms with Crippen LogP contribution in [0, 0.1) is 5.41 Å². The largest absolute Gasteiger partial charge is 0.396 e. The molecule has 4 nitrogen and oxygen atoms in total. The highest BCUT2D eigenvalue weighted by Gasteiger charge is 2.35. The number of rotatable bonds is 5. The van der Waals surface area contributed by atoms with Crippen molar-refractivity contribution in [2.45, 2.75) is 19.4 Å². The first kappa shape index (κ1) is 15.5. The monoisotopic (exact) mass is 301 g/mol. The third kappa shape index (κ3) is 3.19. The molecule has 1 aromatic heterocycles. The predicted molar refractivity (Wildman–Crippen MR) is 90.9 cm³/mol. The molecule has 1 saturated heterocycles. The lowest BCUT2D eigenvalue weighted by molar-refractivity contribution is 0.0107. The first-order valence-electron chi connectivity index (χ1n) is 8.15. The van der Waals surface area contributed by atoms with E-state index in [0.717, 1.165) is 39.0 Å². The van der Waals surface area contributed by atoms with E-state index in [-0.39, 0.29) is 12.0 Å². The normalized spacial score (nSPS) is 23.5. The molecule has 0 bridgehead atoms. The average molecular weight is 301 g/mol. The molecule has 1 aliphatic rings. The van der Waals surface area contributed by atoms with Crippen LogP contribution in [0.5, 0.6) is 0 Å². The van der Waals surface area contributed by atoms with Gasteiger partial charge in [0.2, 0.25) is 0 Å². The lowest BCUT2D eigenvalue weighted by Gasteiger charge is -2.43. The first-order valence-corrected chi connectivity index (χ1v) is 8.15. The van der Waals surface area contributed by atoms with Crippen molar-refractivity contribution in [1.82, 2.24) is 14.8 Å². The Morgan fingerprint density at radius 3 is 2.95 bits per heavy atom. The second kappa shape index (κ2) is 6.41. The molecule has 4 heteroatoms. The molecule has 1 aromatic carbocycles. The van der Waals surface area contributed by atoms with Crippen LogP contribution in [-0.2, 0) is 6.54 Å². The minimum atomic E-state index is 0.0192. The van der Waals surface area contributed by atoms with Crippen molar-refractivity contribution in [2.75, 3.05) is 40.3 Å². The maximum absolute atomic E-state index is 9.95. The highest BCUT2D eigenvalue weighted by molar-refractivity contribution is 5.82. The van der Waals surface area contributed by atoms with Gasteiger partial charge >= 0.3 is 0 Å². The van der Waals surface area contributed by atoms with Gasteiger partial charge < -0.3 is 15.0 Å². The van der Waals surface area contributed by atoms with Crippen LogP contribution in [0.3, 0.4) is 0 Å². The number of nitrogens with zero attached hydrogens (tertiary/aromatic N) is 2. The quantitative estimate of drug-likeness (QED) is 0.890. The summed E-state index contributed by atoms with van der Waals surface area (Å²) in [6.07, 6.45) is 4.29. The minimum absolute atomic E-state index is 0.0192. The fourth-order valence-corrected chi connectivity index (χ4v) is 3.95. The van der Waals surface area contributed by atoms with Crippen LogP contribution < -0.4 is 0 Å². The van der Waals surface area contributed by atoms with E-state index in [0.29, 0.717) is 0 Å². The summed E-state index contributed by atoms with van der Waals surface area (Å²) in [5.41, 5.74) is 2.61. The van der Waals surface area contributed by atoms with Gasteiger partial charge in [0.1, 0.15) is 0 Å². The number of benzene rings is 1. The first-order chi connectivity index (χ1) is 10.6. The zero-order chi connectivity index (χ0) is 15.6. The number of H-pyrrole nitrogens is 1. The van der Waals surface area contributed by atoms with Crippen LogP contribution in [0.15, 0.2) is 30.5 Å². The molecule has 2 N–H and O–H groups in total. The Morgan fingerprint density at radius 1 is 1.32 bits per heavy atom. The van der Waals surface area contributed by atoms with Crippen LogP contribution in [-0.4, -0.2) is 60.2 Å². The molecule has 1 aliphatic heterocycles. The van der Waals surface area contributed by atoms with Gasteiger partial charge in [-0.25, -0.2) is 0 Å². The smallest absolute Gasteiger partial charge is 0.0512 e. The maximum Gasteiger partial charge on any atom is 0.0512 e. The van der Waals surface area contributed by atoms with Crippen LogP contribution in [0.1, 0.15) is 18.4 Å². The molecule has 0 saturated carbocycles. The molecule has 0 spiro atoms. The van der Waals surface area contributed by atoms with Crippen molar-refractivity contribution in [3.05, 3.63) is 36.0 Å². The number of fused-ring (bicyclic) bond motifs is 1. The van der Waals surface area contributed by atoms with E-state index >= 15 is 0 Å². The van der Waals surface area contributed by atoms with Gasteiger partial charge in [0.05, 0.1) is 6.61 Å². The van der Waals surface area contributed by atoms with Crippen molar-refractivity contribution >= 4 is 10.9 Å². The Balaban J connectivity index is 1.76. The van der Waals surface area contributed by atoms with E-state index in [4.69, 9.17) is 0 Å². The molecule has 0 amide bonds. The second-order valence-electron chi connectivity index (χ2n) is 7.07. The molecule has 0 aliphatic carbocycles. The molecule has 22 heavy (non-hydrogen) atoms. The highest BCUT2D eigenvalue weighted by atomic mass is 16.3. The van der Waals surface area contributed by atoms with Gasteiger partial charge in [-0.05, 0) is 50.5 Å². The molecule has 120 valence electrons. The number of aliphatic hydroxyl groups is 1. The van der Waals surface area contributed by atoms with E-state index in [9.17, 15) is 5.11 Å². The topological polar surface area (TPSA) is 42.5 Å². The van der Waals surface area contributed by atoms with Crippen LogP contribution in [0.2, 0.25) is 0 Å². The van der Waals surface area contributed by atoms with Crippen molar-refractivity contribution in [2.24, 2.45) is 5.41 Å². The van der Waals surface area contributed by atoms with Gasteiger partial charge in [-0.2, -0.15) is 0 Å². The summed E-state index contributed by atoms with van der Waals surface area (Å²) in [4.78, 5) is 8.06. The van der Waals surface area contributed by atoms with E-state index in [1.165, 1.54) is 16.5 Å². The molecule has 1 fully saturated rings. The number of likely N-dealkylation sites (tertiary alicyclic amines) is 1. The van der Waals surface area contributed by atoms with E-state index < -0.39 is 0 Å². The Kier molecular flexibility index (Phi) is 4.52. The molecular weight excluding hydrogens is 274 g/mol. The second-order valence-corrected chi connectivity index (χ2v) is 7.07. The van der Waals surface area contributed by atoms with E-state index in [1.807, 2.05) is 6.20 Å². The summed E-state index contributed by atoms with van der Waals surface area (Å²) in [5.74, 6) is 0. The summed E-state index contributed by atoms with van der Waals surface area (Å²) in [6.45, 7) is 4.26. The highest BCUT2D eigenvalue weighted by Crippen LogP contribution is 2.31. The number of aromatic amines is 1. The minimum Gasteiger partial charge on any atom is -0.396 e. The molecule has 2 heterocycles. The molecule has 1 unspecified atom stereocenters. The number of aliphatic hydroxyl groups excluding tert-OH is 1. The van der Waals surface area contributed by atoms with Crippen molar-refractivity contribution < 1.29 is 5.11 Å². The number of hydrogen-bond donors (Lipinski definition) is 2. The summed E-state index contributed by atoms with van der Waals surface area (Å²) in [5, 5.41) is 11.2. The van der Waals surface area contributed by atoms with Gasteiger partial charge in [0.25, 0.3) is 0 Å². The number of hydrogen-bond acceptors (Lipinski definition) is 3. The standard InChI is InChI=1S/C18H27N3O/c1-20(2)12-18(14-22)8-4-10-21(13-18)11-16-6-3-5-15-7-9-19-17(15)16/h3,5-7,9,19,22H,4,8,10-14H2,1-2H3. The van der Waals surface area contributed by atoms with Gasteiger partial charge in [0.15, 0.2) is 0 Å². The maximum atomic E-state index is 9.95. The third-order valence-corrected chi connectivity index (χ3v) is 4.80. The summed E-state index contributed by atoms with van der Waals surface area (Å²) >= 11 is 0. The van der Waals surface area contributed by atoms with Gasteiger partial charge in [-0.3, -0.25) is 4.90 Å². The fraction of sp³-hybridized carbons (Fsp3) is 0.556. The molecule has 2 aromatic rings. The molecule has 3 rings (SSSR count). The fourth-order valence-electron chi connectivity index (χ4n) is 3.95. The summed E-state index contributed by atoms with van der Waals surface area (Å²) in [7, 11) is 4.19. The zero-order valence-corrected chi connectivity index (χ0v) is 13.7. The molecular formula is C18H27N3O. The third-order valence-electron chi connectivity index (χ3n) is 4.80. The summed E-state index contributed by atoms with van der Waals surface area (Å²) < 4.78 is 0. The van der Waals surface area contributed by atoms with Crippen molar-refractivity contribution in [3.8, 4) is 0 Å². The Labute approximate surface area is 132 Å². The Bertz CT molecular complexity index is 622. The van der Waals surface area contributed by atoms with Gasteiger partial charge in [0, 0.05) is 36.8 Å². The molecule has 0 radical (unpaired) electrons. The van der Waals surface area contributed by atoms with Gasteiger partial charge in [-0.1, -0.05) is 18.2 Å². The number of nitrogens with one attached hydrogen (secondary N) is 1. The lowest BCUT2D eigenvalue weighted by atomic mass is 9.80. The summed E-state index contributed by atoms with van der Waals surface area (Å²) in [6, 6.07) is 8.61. The lowest BCUT2D eigenvalue weighted by Crippen LogP contribution is -2.49. The van der Waals surface area contributed by atoms with Gasteiger partial charge in [-0.15, -0.1) is 0 Å². The predicted octanol–water partition coefficient (Wildman–Crippen LogP) is 2.30. The van der Waals surface area contributed by atoms with E-state index in [1.54, 1.807) is 0 Å². The Hall–Kier alpha value is -1.36. The average Bonchev–Trinajstić information content (AvgIpc) is 2.96.